The highest BCUT2D eigenvalue weighted by molar-refractivity contribution is 7.99. The van der Waals surface area contributed by atoms with Crippen LogP contribution in [0.15, 0.2) is 24.3 Å². The van der Waals surface area contributed by atoms with Crippen LogP contribution < -0.4 is 5.32 Å². The summed E-state index contributed by atoms with van der Waals surface area (Å²) in [6, 6.07) is 7.62. The van der Waals surface area contributed by atoms with Gasteiger partial charge in [0.05, 0.1) is 0 Å². The van der Waals surface area contributed by atoms with E-state index in [4.69, 9.17) is 0 Å². The van der Waals surface area contributed by atoms with Crippen LogP contribution in [0.5, 0.6) is 0 Å². The molecule has 0 aliphatic rings. The quantitative estimate of drug-likeness (QED) is 0.593. The number of rotatable bonds is 6. The first kappa shape index (κ1) is 12.1. The minimum atomic E-state index is 0.114. The third kappa shape index (κ3) is 4.38. The van der Waals surface area contributed by atoms with Crippen molar-refractivity contribution in [1.82, 2.24) is 0 Å². The van der Waals surface area contributed by atoms with Gasteiger partial charge in [-0.3, -0.25) is 4.79 Å². The van der Waals surface area contributed by atoms with Crippen molar-refractivity contribution in [3.8, 4) is 0 Å². The van der Waals surface area contributed by atoms with Crippen LogP contribution in [0.1, 0.15) is 24.2 Å². The molecule has 82 valence electrons. The molecule has 0 saturated heterocycles. The summed E-state index contributed by atoms with van der Waals surface area (Å²) in [5, 5.41) is 3.31. The predicted octanol–water partition coefficient (Wildman–Crippen LogP) is 3.05. The van der Waals surface area contributed by atoms with E-state index in [0.29, 0.717) is 0 Å². The van der Waals surface area contributed by atoms with E-state index in [0.717, 1.165) is 29.3 Å². The van der Waals surface area contributed by atoms with Gasteiger partial charge < -0.3 is 5.32 Å². The van der Waals surface area contributed by atoms with Crippen LogP contribution in [0.3, 0.4) is 0 Å². The van der Waals surface area contributed by atoms with Crippen molar-refractivity contribution in [2.75, 3.05) is 23.4 Å². The summed E-state index contributed by atoms with van der Waals surface area (Å²) in [6.45, 7) is 4.71. The average Bonchev–Trinajstić information content (AvgIpc) is 2.25. The maximum absolute atomic E-state index is 11.0. The van der Waals surface area contributed by atoms with Gasteiger partial charge in [-0.15, -0.1) is 0 Å². The fourth-order valence-corrected chi connectivity index (χ4v) is 1.77. The summed E-state index contributed by atoms with van der Waals surface area (Å²) >= 11 is 1.92. The molecule has 0 saturated carbocycles. The number of thioether (sulfide) groups is 1. The smallest absolute Gasteiger partial charge is 0.159 e. The molecule has 0 radical (unpaired) electrons. The van der Waals surface area contributed by atoms with E-state index < -0.39 is 0 Å². The van der Waals surface area contributed by atoms with Crippen molar-refractivity contribution in [2.45, 2.75) is 13.8 Å². The Bertz CT molecular complexity index is 308. The molecule has 0 bridgehead atoms. The van der Waals surface area contributed by atoms with Gasteiger partial charge in [0.25, 0.3) is 0 Å². The van der Waals surface area contributed by atoms with Gasteiger partial charge in [-0.25, -0.2) is 0 Å². The summed E-state index contributed by atoms with van der Waals surface area (Å²) in [6.07, 6.45) is 0. The molecule has 1 N–H and O–H groups in total. The molecule has 0 aliphatic heterocycles. The SMILES string of the molecule is CCSCCNc1ccc(C(C)=O)cc1. The van der Waals surface area contributed by atoms with E-state index in [1.54, 1.807) is 6.92 Å². The number of benzene rings is 1. The fourth-order valence-electron chi connectivity index (χ4n) is 1.23. The molecule has 0 unspecified atom stereocenters. The van der Waals surface area contributed by atoms with Crippen LogP contribution >= 0.6 is 11.8 Å². The minimum absolute atomic E-state index is 0.114. The molecule has 3 heteroatoms. The van der Waals surface area contributed by atoms with E-state index >= 15 is 0 Å². The summed E-state index contributed by atoms with van der Waals surface area (Å²) in [5.41, 5.74) is 1.85. The van der Waals surface area contributed by atoms with Crippen LogP contribution in [-0.4, -0.2) is 23.8 Å². The second-order valence-corrected chi connectivity index (χ2v) is 4.65. The molecule has 1 aromatic rings. The van der Waals surface area contributed by atoms with E-state index in [9.17, 15) is 4.79 Å². The standard InChI is InChI=1S/C12H17NOS/c1-3-15-9-8-13-12-6-4-11(5-7-12)10(2)14/h4-7,13H,3,8-9H2,1-2H3. The van der Waals surface area contributed by atoms with E-state index in [2.05, 4.69) is 12.2 Å². The number of carbonyl (C=O) groups excluding carboxylic acids is 1. The Morgan fingerprint density at radius 2 is 2.00 bits per heavy atom. The van der Waals surface area contributed by atoms with Gasteiger partial charge in [-0.2, -0.15) is 11.8 Å². The number of carbonyl (C=O) groups is 1. The minimum Gasteiger partial charge on any atom is -0.384 e. The van der Waals surface area contributed by atoms with Crippen molar-refractivity contribution in [3.63, 3.8) is 0 Å². The lowest BCUT2D eigenvalue weighted by molar-refractivity contribution is 0.101. The zero-order valence-electron chi connectivity index (χ0n) is 9.25. The van der Waals surface area contributed by atoms with Gasteiger partial charge in [0.1, 0.15) is 0 Å². The summed E-state index contributed by atoms with van der Waals surface area (Å²) < 4.78 is 0. The van der Waals surface area contributed by atoms with Crippen molar-refractivity contribution < 1.29 is 4.79 Å². The molecule has 1 aromatic carbocycles. The molecule has 0 aromatic heterocycles. The van der Waals surface area contributed by atoms with Gasteiger partial charge in [0.15, 0.2) is 5.78 Å². The van der Waals surface area contributed by atoms with Gasteiger partial charge in [-0.1, -0.05) is 6.92 Å². The highest BCUT2D eigenvalue weighted by Crippen LogP contribution is 2.10. The maximum Gasteiger partial charge on any atom is 0.159 e. The van der Waals surface area contributed by atoms with Crippen LogP contribution in [0.25, 0.3) is 0 Å². The summed E-state index contributed by atoms with van der Waals surface area (Å²) in [4.78, 5) is 11.0. The topological polar surface area (TPSA) is 29.1 Å². The Balaban J connectivity index is 2.39. The normalized spacial score (nSPS) is 10.0. The van der Waals surface area contributed by atoms with E-state index in [1.165, 1.54) is 0 Å². The number of nitrogens with one attached hydrogen (secondary N) is 1. The molecule has 2 nitrogen and oxygen atoms in total. The van der Waals surface area contributed by atoms with Crippen molar-refractivity contribution in [3.05, 3.63) is 29.8 Å². The highest BCUT2D eigenvalue weighted by atomic mass is 32.2. The Kier molecular flexibility index (Phi) is 5.26. The van der Waals surface area contributed by atoms with Gasteiger partial charge in [-0.05, 0) is 36.9 Å². The van der Waals surface area contributed by atoms with Gasteiger partial charge in [0.2, 0.25) is 0 Å². The third-order valence-corrected chi connectivity index (χ3v) is 2.97. The number of hydrogen-bond acceptors (Lipinski definition) is 3. The molecule has 0 spiro atoms. The van der Waals surface area contributed by atoms with E-state index in [1.807, 2.05) is 36.0 Å². The van der Waals surface area contributed by atoms with Crippen LogP contribution in [0, 0.1) is 0 Å². The largest absolute Gasteiger partial charge is 0.384 e. The zero-order valence-corrected chi connectivity index (χ0v) is 10.1. The lowest BCUT2D eigenvalue weighted by Gasteiger charge is -2.05. The zero-order chi connectivity index (χ0) is 11.1. The van der Waals surface area contributed by atoms with Gasteiger partial charge >= 0.3 is 0 Å². The Morgan fingerprint density at radius 3 is 2.53 bits per heavy atom. The molecule has 0 aliphatic carbocycles. The summed E-state index contributed by atoms with van der Waals surface area (Å²) in [7, 11) is 0. The average molecular weight is 223 g/mol. The lowest BCUT2D eigenvalue weighted by Crippen LogP contribution is -2.04. The number of ketones is 1. The molecule has 0 heterocycles. The van der Waals surface area contributed by atoms with Crippen LogP contribution in [-0.2, 0) is 0 Å². The maximum atomic E-state index is 11.0. The Morgan fingerprint density at radius 1 is 1.33 bits per heavy atom. The van der Waals surface area contributed by atoms with Gasteiger partial charge in [0, 0.05) is 23.5 Å². The summed E-state index contributed by atoms with van der Waals surface area (Å²) in [5.74, 6) is 2.39. The van der Waals surface area contributed by atoms with Crippen molar-refractivity contribution >= 4 is 23.2 Å². The highest BCUT2D eigenvalue weighted by Gasteiger charge is 1.97. The number of Topliss-reactive ketones (excluding diaryl/α,β-unsaturated/α-hetero) is 1. The molecule has 0 atom stereocenters. The molecule has 1 rings (SSSR count). The number of anilines is 1. The molecular weight excluding hydrogens is 206 g/mol. The monoisotopic (exact) mass is 223 g/mol. The first-order valence-electron chi connectivity index (χ1n) is 5.16. The predicted molar refractivity (Wildman–Crippen MR) is 67.9 cm³/mol. The van der Waals surface area contributed by atoms with Crippen LogP contribution in [0.2, 0.25) is 0 Å². The second-order valence-electron chi connectivity index (χ2n) is 3.26. The molecule has 0 fully saturated rings. The first-order chi connectivity index (χ1) is 7.24. The van der Waals surface area contributed by atoms with E-state index in [-0.39, 0.29) is 5.78 Å². The first-order valence-corrected chi connectivity index (χ1v) is 6.32. The fraction of sp³-hybridized carbons (Fsp3) is 0.417. The lowest BCUT2D eigenvalue weighted by atomic mass is 10.1. The molecule has 0 amide bonds. The Hall–Kier alpha value is -0.960. The van der Waals surface area contributed by atoms with Crippen molar-refractivity contribution in [1.29, 1.82) is 0 Å². The molecular formula is C12H17NOS. The third-order valence-electron chi connectivity index (χ3n) is 2.07. The van der Waals surface area contributed by atoms with Crippen molar-refractivity contribution in [2.24, 2.45) is 0 Å². The molecule has 15 heavy (non-hydrogen) atoms. The van der Waals surface area contributed by atoms with Crippen LogP contribution in [0.4, 0.5) is 5.69 Å². The number of hydrogen-bond donors (Lipinski definition) is 1. The second kappa shape index (κ2) is 6.51. The Labute approximate surface area is 95.5 Å².